The van der Waals surface area contributed by atoms with Gasteiger partial charge in [-0.25, -0.2) is 22.4 Å². The molecule has 3 fully saturated rings. The van der Waals surface area contributed by atoms with Gasteiger partial charge in [0.15, 0.2) is 11.6 Å². The average Bonchev–Trinajstić information content (AvgIpc) is 3.33. The van der Waals surface area contributed by atoms with Gasteiger partial charge in [-0.2, -0.15) is 0 Å². The molecule has 3 heterocycles. The van der Waals surface area contributed by atoms with Crippen LogP contribution in [0.3, 0.4) is 0 Å². The van der Waals surface area contributed by atoms with Crippen LogP contribution in [0.2, 0.25) is 0 Å². The number of hydrogen-bond donors (Lipinski definition) is 1. The molecule has 0 bridgehead atoms. The van der Waals surface area contributed by atoms with Gasteiger partial charge in [0, 0.05) is 29.7 Å². The predicted octanol–water partition coefficient (Wildman–Crippen LogP) is 5.07. The predicted molar refractivity (Wildman–Crippen MR) is 115 cm³/mol. The van der Waals surface area contributed by atoms with E-state index in [9.17, 15) is 13.6 Å². The number of rotatable bonds is 5. The summed E-state index contributed by atoms with van der Waals surface area (Å²) in [7, 11) is 0. The average molecular weight is 483 g/mol. The number of fused-ring (bicyclic) bond motifs is 2. The first-order valence-corrected chi connectivity index (χ1v) is 12.0. The van der Waals surface area contributed by atoms with Crippen LogP contribution in [0.15, 0.2) is 33.9 Å². The molecule has 6 rings (SSSR count). The number of alkyl halides is 2. The molecule has 2 aliphatic heterocycles. The Morgan fingerprint density at radius 3 is 2.79 bits per heavy atom. The van der Waals surface area contributed by atoms with Crippen molar-refractivity contribution in [2.75, 3.05) is 18.0 Å². The van der Waals surface area contributed by atoms with Crippen molar-refractivity contribution in [3.8, 4) is 0 Å². The summed E-state index contributed by atoms with van der Waals surface area (Å²) in [6.07, 6.45) is 7.39. The van der Waals surface area contributed by atoms with E-state index < -0.39 is 41.6 Å². The lowest BCUT2D eigenvalue weighted by atomic mass is 9.81. The minimum absolute atomic E-state index is 0.0603. The molecule has 11 heteroatoms. The fourth-order valence-corrected chi connectivity index (χ4v) is 6.03. The third-order valence-electron chi connectivity index (χ3n) is 6.97. The molecule has 2 saturated heterocycles. The Bertz CT molecular complexity index is 1100. The van der Waals surface area contributed by atoms with Gasteiger partial charge in [0.2, 0.25) is 0 Å². The van der Waals surface area contributed by atoms with E-state index in [-0.39, 0.29) is 43.1 Å². The Morgan fingerprint density at radius 1 is 1.24 bits per heavy atom. The van der Waals surface area contributed by atoms with Crippen LogP contribution in [0.5, 0.6) is 0 Å². The van der Waals surface area contributed by atoms with Crippen LogP contribution < -0.4 is 9.62 Å². The quantitative estimate of drug-likeness (QED) is 0.469. The highest BCUT2D eigenvalue weighted by molar-refractivity contribution is 7.98. The van der Waals surface area contributed by atoms with Crippen LogP contribution in [0.25, 0.3) is 6.08 Å². The number of allylic oxidation sites excluding steroid dienone is 5. The summed E-state index contributed by atoms with van der Waals surface area (Å²) in [5.41, 5.74) is 0.292. The molecule has 0 aromatic carbocycles. The van der Waals surface area contributed by atoms with Crippen LogP contribution in [0, 0.1) is 0 Å². The Labute approximate surface area is 191 Å². The fraction of sp³-hybridized carbons (Fsp3) is 0.545. The molecule has 3 aliphatic carbocycles. The molecule has 176 valence electrons. The minimum atomic E-state index is -3.12. The molecule has 0 spiro atoms. The monoisotopic (exact) mass is 482 g/mol. The topological polar surface area (TPSA) is 61.6 Å². The van der Waals surface area contributed by atoms with Crippen LogP contribution in [-0.2, 0) is 0 Å². The molecular weight excluding hydrogens is 460 g/mol. The van der Waals surface area contributed by atoms with Crippen LogP contribution in [0.1, 0.15) is 49.3 Å². The second kappa shape index (κ2) is 7.63. The van der Waals surface area contributed by atoms with E-state index >= 15 is 8.78 Å². The van der Waals surface area contributed by atoms with Gasteiger partial charge in [0.05, 0.1) is 12.1 Å². The summed E-state index contributed by atoms with van der Waals surface area (Å²) in [6.45, 7) is -0.388. The molecule has 5 aliphatic rings. The Balaban J connectivity index is 1.30. The first kappa shape index (κ1) is 21.3. The third kappa shape index (κ3) is 3.34. The van der Waals surface area contributed by atoms with Gasteiger partial charge in [0.25, 0.3) is 5.92 Å². The van der Waals surface area contributed by atoms with Crippen molar-refractivity contribution in [3.05, 3.63) is 40.7 Å². The van der Waals surface area contributed by atoms with Crippen molar-refractivity contribution in [2.24, 2.45) is 0 Å². The first-order valence-electron chi connectivity index (χ1n) is 11.1. The Morgan fingerprint density at radius 2 is 2.06 bits per heavy atom. The number of aromatic nitrogens is 1. The van der Waals surface area contributed by atoms with Gasteiger partial charge in [-0.15, -0.1) is 0 Å². The fourth-order valence-electron chi connectivity index (χ4n) is 5.07. The number of nitrogens with zero attached hydrogens (tertiary/aromatic N) is 3. The molecular formula is C22H22F4N4O2S. The van der Waals surface area contributed by atoms with E-state index in [1.165, 1.54) is 27.8 Å². The van der Waals surface area contributed by atoms with Crippen molar-refractivity contribution in [2.45, 2.75) is 61.3 Å². The lowest BCUT2D eigenvalue weighted by Crippen LogP contribution is -2.47. The highest BCUT2D eigenvalue weighted by Gasteiger charge is 2.63. The Hall–Kier alpha value is -2.27. The summed E-state index contributed by atoms with van der Waals surface area (Å²) in [5, 5.41) is 4.35. The highest BCUT2D eigenvalue weighted by Crippen LogP contribution is 2.49. The van der Waals surface area contributed by atoms with Gasteiger partial charge in [-0.05, 0) is 37.8 Å². The van der Waals surface area contributed by atoms with Gasteiger partial charge >= 0.3 is 6.03 Å². The van der Waals surface area contributed by atoms with Crippen LogP contribution >= 0.6 is 11.9 Å². The second-order valence-electron chi connectivity index (χ2n) is 9.11. The van der Waals surface area contributed by atoms with E-state index in [0.717, 1.165) is 12.8 Å². The van der Waals surface area contributed by atoms with Gasteiger partial charge in [-0.1, -0.05) is 23.2 Å². The summed E-state index contributed by atoms with van der Waals surface area (Å²) in [6, 6.07) is -3.03. The van der Waals surface area contributed by atoms with Crippen molar-refractivity contribution >= 4 is 29.9 Å². The van der Waals surface area contributed by atoms with Crippen molar-refractivity contribution in [1.29, 1.82) is 0 Å². The van der Waals surface area contributed by atoms with Crippen LogP contribution in [-0.4, -0.2) is 52.4 Å². The third-order valence-corrected chi connectivity index (χ3v) is 8.19. The number of nitrogens with one attached hydrogen (secondary N) is 1. The van der Waals surface area contributed by atoms with Crippen molar-refractivity contribution in [3.63, 3.8) is 0 Å². The van der Waals surface area contributed by atoms with E-state index in [2.05, 4.69) is 9.88 Å². The summed E-state index contributed by atoms with van der Waals surface area (Å²) in [5.74, 6) is -4.70. The van der Waals surface area contributed by atoms with Gasteiger partial charge in [-0.3, -0.25) is 9.62 Å². The molecule has 0 radical (unpaired) electrons. The minimum Gasteiger partial charge on any atom is -0.354 e. The highest BCUT2D eigenvalue weighted by atomic mass is 32.2. The molecule has 3 atom stereocenters. The smallest absolute Gasteiger partial charge is 0.326 e. The number of urea groups is 1. The molecule has 1 aromatic heterocycles. The standard InChI is InChI=1S/C22H22F4N4O2S/c23-13-4-2-5-14(24)18(13)12-3-1-6-15-19(12)20(27-32-15)30-10-17-22(25,26)16(9-29(17)21(30)31)28-33-11-7-8-11/h1,4,6,11-12,16-17,28H,2-3,5,7-10H2/t12?,16-,17-/m1/s1. The maximum absolute atomic E-state index is 15.2. The zero-order valence-electron chi connectivity index (χ0n) is 17.6. The zero-order chi connectivity index (χ0) is 22.9. The normalized spacial score (nSPS) is 30.7. The zero-order valence-corrected chi connectivity index (χ0v) is 18.4. The molecule has 1 aromatic rings. The summed E-state index contributed by atoms with van der Waals surface area (Å²) in [4.78, 5) is 15.5. The van der Waals surface area contributed by atoms with Crippen molar-refractivity contribution < 1.29 is 26.9 Å². The molecule has 1 saturated carbocycles. The summed E-state index contributed by atoms with van der Waals surface area (Å²) < 4.78 is 67.8. The van der Waals surface area contributed by atoms with E-state index in [1.54, 1.807) is 12.2 Å². The largest absolute Gasteiger partial charge is 0.354 e. The lowest BCUT2D eigenvalue weighted by Gasteiger charge is -2.26. The molecule has 1 unspecified atom stereocenters. The van der Waals surface area contributed by atoms with E-state index in [4.69, 9.17) is 4.52 Å². The van der Waals surface area contributed by atoms with Crippen molar-refractivity contribution in [1.82, 2.24) is 14.8 Å². The molecule has 33 heavy (non-hydrogen) atoms. The van der Waals surface area contributed by atoms with E-state index in [1.807, 2.05) is 0 Å². The maximum atomic E-state index is 15.2. The second-order valence-corrected chi connectivity index (χ2v) is 10.2. The molecule has 1 N–H and O–H groups in total. The lowest BCUT2D eigenvalue weighted by molar-refractivity contribution is -0.0319. The number of carbonyl (C=O) groups is 1. The Kier molecular flexibility index (Phi) is 4.92. The number of halogens is 4. The molecule has 2 amide bonds. The number of carbonyl (C=O) groups excluding carboxylic acids is 1. The van der Waals surface area contributed by atoms with E-state index in [0.29, 0.717) is 17.2 Å². The number of anilines is 1. The summed E-state index contributed by atoms with van der Waals surface area (Å²) >= 11 is 1.32. The van der Waals surface area contributed by atoms with Crippen LogP contribution in [0.4, 0.5) is 28.2 Å². The number of hydrogen-bond acceptors (Lipinski definition) is 5. The SMILES string of the molecule is O=C1N(c2noc3c2C(C2=C(F)CCC=C2F)CC=C3)C[C@H]2N1C[C@@H](NSC1CC1)C2(F)F. The van der Waals surface area contributed by atoms with Gasteiger partial charge < -0.3 is 9.42 Å². The number of amides is 2. The first-order chi connectivity index (χ1) is 15.9. The maximum Gasteiger partial charge on any atom is 0.326 e. The molecule has 6 nitrogen and oxygen atoms in total. The van der Waals surface area contributed by atoms with Gasteiger partial charge in [0.1, 0.15) is 23.7 Å².